The lowest BCUT2D eigenvalue weighted by Gasteiger charge is -2.26. The Morgan fingerprint density at radius 1 is 0.960 bits per heavy atom. The van der Waals surface area contributed by atoms with Crippen LogP contribution in [0.1, 0.15) is 38.1 Å². The Kier molecular flexibility index (Phi) is 7.90. The third-order valence-electron chi connectivity index (χ3n) is 3.77. The maximum atomic E-state index is 12.6. The van der Waals surface area contributed by atoms with Crippen molar-refractivity contribution in [1.82, 2.24) is 10.6 Å². The molecule has 1 rings (SSSR count). The minimum Gasteiger partial charge on any atom is -0.467 e. The summed E-state index contributed by atoms with van der Waals surface area (Å²) in [5, 5.41) is 5.65. The van der Waals surface area contributed by atoms with Crippen molar-refractivity contribution >= 4 is 29.4 Å². The Labute approximate surface area is 153 Å². The molecule has 0 saturated heterocycles. The van der Waals surface area contributed by atoms with Crippen molar-refractivity contribution in [3.63, 3.8) is 0 Å². The number of ether oxygens (including phenoxy) is 1. The summed E-state index contributed by atoms with van der Waals surface area (Å²) in [7, 11) is 1.27. The van der Waals surface area contributed by atoms with Gasteiger partial charge in [0.15, 0.2) is 0 Å². The summed E-state index contributed by atoms with van der Waals surface area (Å²) in [6.45, 7) is 7.21. The van der Waals surface area contributed by atoms with E-state index in [2.05, 4.69) is 10.6 Å². The smallest absolute Gasteiger partial charge is 0.328 e. The predicted molar refractivity (Wildman–Crippen MR) is 96.3 cm³/mol. The molecule has 0 saturated carbocycles. The zero-order chi connectivity index (χ0) is 19.1. The quantitative estimate of drug-likeness (QED) is 0.724. The summed E-state index contributed by atoms with van der Waals surface area (Å²) in [5.74, 6) is -1.75. The minimum absolute atomic E-state index is 0.150. The molecule has 0 unspecified atom stereocenters. The Hall–Kier alpha value is -2.08. The average molecular weight is 369 g/mol. The van der Waals surface area contributed by atoms with Crippen LogP contribution in [-0.4, -0.2) is 37.0 Å². The van der Waals surface area contributed by atoms with E-state index in [1.807, 2.05) is 0 Å². The molecule has 0 radical (unpaired) electrons. The molecule has 1 aromatic carbocycles. The number of amides is 2. The molecular formula is C18H25ClN2O4. The Morgan fingerprint density at radius 2 is 1.52 bits per heavy atom. The first-order valence-corrected chi connectivity index (χ1v) is 8.50. The molecule has 0 heterocycles. The van der Waals surface area contributed by atoms with Crippen LogP contribution in [0.5, 0.6) is 0 Å². The van der Waals surface area contributed by atoms with Crippen molar-refractivity contribution in [2.75, 3.05) is 7.11 Å². The standard InChI is InChI=1S/C18H25ClN2O4/c1-10(2)14(17(23)21-15(11(3)4)18(24)25-5)20-16(22)12-8-6-7-9-13(12)19/h6-11,14-15H,1-5H3,(H,20,22)(H,21,23)/t14-,15-/m0/s1. The number of halogens is 1. The first-order chi connectivity index (χ1) is 11.7. The van der Waals surface area contributed by atoms with Gasteiger partial charge < -0.3 is 15.4 Å². The summed E-state index contributed by atoms with van der Waals surface area (Å²) in [6, 6.07) is 5.00. The third-order valence-corrected chi connectivity index (χ3v) is 4.10. The summed E-state index contributed by atoms with van der Waals surface area (Å²) in [6.07, 6.45) is 0. The normalized spacial score (nSPS) is 13.3. The molecule has 138 valence electrons. The third kappa shape index (κ3) is 5.74. The van der Waals surface area contributed by atoms with Crippen molar-refractivity contribution in [3.05, 3.63) is 34.9 Å². The Bertz CT molecular complexity index is 631. The van der Waals surface area contributed by atoms with Crippen LogP contribution >= 0.6 is 11.6 Å². The number of hydrogen-bond acceptors (Lipinski definition) is 4. The zero-order valence-electron chi connectivity index (χ0n) is 15.1. The van der Waals surface area contributed by atoms with E-state index in [1.54, 1.807) is 52.0 Å². The first kappa shape index (κ1) is 21.0. The fraction of sp³-hybridized carbons (Fsp3) is 0.500. The topological polar surface area (TPSA) is 84.5 Å². The van der Waals surface area contributed by atoms with Crippen LogP contribution in [0.3, 0.4) is 0 Å². The van der Waals surface area contributed by atoms with Crippen LogP contribution in [-0.2, 0) is 14.3 Å². The van der Waals surface area contributed by atoms with E-state index in [4.69, 9.17) is 16.3 Å². The SMILES string of the molecule is COC(=O)[C@@H](NC(=O)[C@@H](NC(=O)c1ccccc1Cl)C(C)C)C(C)C. The van der Waals surface area contributed by atoms with Gasteiger partial charge in [-0.3, -0.25) is 9.59 Å². The summed E-state index contributed by atoms with van der Waals surface area (Å²) in [5.41, 5.74) is 0.288. The van der Waals surface area contributed by atoms with Gasteiger partial charge in [0.25, 0.3) is 5.91 Å². The van der Waals surface area contributed by atoms with Crippen molar-refractivity contribution in [1.29, 1.82) is 0 Å². The number of esters is 1. The lowest BCUT2D eigenvalue weighted by atomic mass is 10.00. The van der Waals surface area contributed by atoms with E-state index in [0.29, 0.717) is 5.02 Å². The van der Waals surface area contributed by atoms with Crippen LogP contribution in [0.15, 0.2) is 24.3 Å². The largest absolute Gasteiger partial charge is 0.467 e. The molecule has 0 spiro atoms. The average Bonchev–Trinajstić information content (AvgIpc) is 2.56. The van der Waals surface area contributed by atoms with Crippen LogP contribution in [0.4, 0.5) is 0 Å². The van der Waals surface area contributed by atoms with E-state index in [-0.39, 0.29) is 17.4 Å². The van der Waals surface area contributed by atoms with E-state index in [0.717, 1.165) is 0 Å². The fourth-order valence-corrected chi connectivity index (χ4v) is 2.49. The van der Waals surface area contributed by atoms with Crippen LogP contribution in [0.25, 0.3) is 0 Å². The number of rotatable bonds is 7. The molecule has 0 fully saturated rings. The van der Waals surface area contributed by atoms with Crippen LogP contribution in [0.2, 0.25) is 5.02 Å². The van der Waals surface area contributed by atoms with E-state index in [1.165, 1.54) is 7.11 Å². The van der Waals surface area contributed by atoms with Gasteiger partial charge >= 0.3 is 5.97 Å². The molecule has 0 aliphatic rings. The van der Waals surface area contributed by atoms with Gasteiger partial charge in [-0.2, -0.15) is 0 Å². The number of benzene rings is 1. The number of carbonyl (C=O) groups is 3. The van der Waals surface area contributed by atoms with Crippen molar-refractivity contribution in [2.24, 2.45) is 11.8 Å². The molecule has 1 aromatic rings. The summed E-state index contributed by atoms with van der Waals surface area (Å²) < 4.78 is 4.72. The molecule has 25 heavy (non-hydrogen) atoms. The molecule has 0 aliphatic heterocycles. The van der Waals surface area contributed by atoms with Gasteiger partial charge in [0.2, 0.25) is 5.91 Å². The van der Waals surface area contributed by atoms with Gasteiger partial charge in [-0.05, 0) is 24.0 Å². The fourth-order valence-electron chi connectivity index (χ4n) is 2.27. The molecule has 0 aromatic heterocycles. The van der Waals surface area contributed by atoms with Gasteiger partial charge in [-0.1, -0.05) is 51.4 Å². The van der Waals surface area contributed by atoms with E-state index in [9.17, 15) is 14.4 Å². The van der Waals surface area contributed by atoms with Gasteiger partial charge in [-0.15, -0.1) is 0 Å². The highest BCUT2D eigenvalue weighted by molar-refractivity contribution is 6.33. The number of nitrogens with one attached hydrogen (secondary N) is 2. The monoisotopic (exact) mass is 368 g/mol. The minimum atomic E-state index is -0.810. The van der Waals surface area contributed by atoms with Crippen LogP contribution in [0, 0.1) is 11.8 Å². The summed E-state index contributed by atoms with van der Waals surface area (Å²) >= 11 is 6.03. The van der Waals surface area contributed by atoms with E-state index < -0.39 is 29.9 Å². The van der Waals surface area contributed by atoms with Gasteiger partial charge in [-0.25, -0.2) is 4.79 Å². The zero-order valence-corrected chi connectivity index (χ0v) is 15.9. The van der Waals surface area contributed by atoms with Gasteiger partial charge in [0.05, 0.1) is 17.7 Å². The molecule has 0 aliphatic carbocycles. The second-order valence-corrected chi connectivity index (χ2v) is 6.84. The van der Waals surface area contributed by atoms with Gasteiger partial charge in [0, 0.05) is 0 Å². The van der Waals surface area contributed by atoms with Crippen molar-refractivity contribution < 1.29 is 19.1 Å². The highest BCUT2D eigenvalue weighted by Crippen LogP contribution is 2.16. The highest BCUT2D eigenvalue weighted by Gasteiger charge is 2.31. The molecule has 2 N–H and O–H groups in total. The Balaban J connectivity index is 2.92. The molecule has 0 bridgehead atoms. The first-order valence-electron chi connectivity index (χ1n) is 8.12. The van der Waals surface area contributed by atoms with Crippen molar-refractivity contribution in [3.8, 4) is 0 Å². The number of carbonyl (C=O) groups excluding carboxylic acids is 3. The lowest BCUT2D eigenvalue weighted by molar-refractivity contribution is -0.146. The van der Waals surface area contributed by atoms with Crippen LogP contribution < -0.4 is 10.6 Å². The molecule has 7 heteroatoms. The lowest BCUT2D eigenvalue weighted by Crippen LogP contribution is -2.55. The molecule has 6 nitrogen and oxygen atoms in total. The summed E-state index contributed by atoms with van der Waals surface area (Å²) in [4.78, 5) is 36.9. The maximum absolute atomic E-state index is 12.6. The Morgan fingerprint density at radius 3 is 2.00 bits per heavy atom. The highest BCUT2D eigenvalue weighted by atomic mass is 35.5. The second kappa shape index (κ2) is 9.42. The van der Waals surface area contributed by atoms with E-state index >= 15 is 0 Å². The number of hydrogen-bond donors (Lipinski definition) is 2. The predicted octanol–water partition coefficient (Wildman–Crippen LogP) is 2.41. The molecule has 2 atom stereocenters. The second-order valence-electron chi connectivity index (χ2n) is 6.43. The number of methoxy groups -OCH3 is 1. The molecule has 2 amide bonds. The van der Waals surface area contributed by atoms with Gasteiger partial charge in [0.1, 0.15) is 12.1 Å². The maximum Gasteiger partial charge on any atom is 0.328 e. The van der Waals surface area contributed by atoms with Crippen molar-refractivity contribution in [2.45, 2.75) is 39.8 Å². The molecular weight excluding hydrogens is 344 g/mol.